The molecule has 0 N–H and O–H groups in total. The lowest BCUT2D eigenvalue weighted by molar-refractivity contribution is -0.156. The number of ether oxygens (including phenoxy) is 2. The Bertz CT molecular complexity index is 293. The first-order valence-electron chi connectivity index (χ1n) is 6.32. The van der Waals surface area contributed by atoms with E-state index in [1.54, 1.807) is 6.92 Å². The SMILES string of the molecule is CC.CCOC(=O)C1CCCN(C(=O)OCCl)C1=O. The zero-order valence-corrected chi connectivity index (χ0v) is 12.2. The van der Waals surface area contributed by atoms with Crippen LogP contribution in [-0.2, 0) is 19.1 Å². The number of imide groups is 1. The molecule has 0 bridgehead atoms. The van der Waals surface area contributed by atoms with Gasteiger partial charge in [0.2, 0.25) is 5.91 Å². The Labute approximate surface area is 118 Å². The molecule has 0 spiro atoms. The number of rotatable bonds is 3. The molecule has 0 radical (unpaired) electrons. The molecule has 110 valence electrons. The molecule has 0 aliphatic carbocycles. The molecule has 0 aromatic rings. The van der Waals surface area contributed by atoms with Crippen molar-refractivity contribution in [3.8, 4) is 0 Å². The summed E-state index contributed by atoms with van der Waals surface area (Å²) < 4.78 is 9.29. The normalized spacial score (nSPS) is 18.2. The van der Waals surface area contributed by atoms with E-state index in [1.165, 1.54) is 0 Å². The van der Waals surface area contributed by atoms with E-state index >= 15 is 0 Å². The summed E-state index contributed by atoms with van der Waals surface area (Å²) >= 11 is 5.24. The van der Waals surface area contributed by atoms with Gasteiger partial charge in [-0.05, 0) is 19.8 Å². The van der Waals surface area contributed by atoms with Crippen LogP contribution >= 0.6 is 11.6 Å². The average Bonchev–Trinajstić information content (AvgIpc) is 2.41. The minimum atomic E-state index is -0.911. The molecule has 1 unspecified atom stereocenters. The summed E-state index contributed by atoms with van der Waals surface area (Å²) in [6.07, 6.45) is 0.119. The third kappa shape index (κ3) is 5.06. The number of likely N-dealkylation sites (tertiary alicyclic amines) is 1. The van der Waals surface area contributed by atoms with Gasteiger partial charge >= 0.3 is 12.1 Å². The average molecular weight is 294 g/mol. The zero-order valence-electron chi connectivity index (χ0n) is 11.5. The van der Waals surface area contributed by atoms with Crippen LogP contribution in [0, 0.1) is 5.92 Å². The second-order valence-electron chi connectivity index (χ2n) is 3.46. The molecule has 1 fully saturated rings. The number of hydrogen-bond donors (Lipinski definition) is 0. The molecule has 19 heavy (non-hydrogen) atoms. The van der Waals surface area contributed by atoms with Crippen molar-refractivity contribution in [3.63, 3.8) is 0 Å². The fraction of sp³-hybridized carbons (Fsp3) is 0.750. The topological polar surface area (TPSA) is 72.9 Å². The number of carbonyl (C=O) groups excluding carboxylic acids is 3. The van der Waals surface area contributed by atoms with Crippen molar-refractivity contribution in [2.75, 3.05) is 19.2 Å². The van der Waals surface area contributed by atoms with Gasteiger partial charge in [0.05, 0.1) is 6.61 Å². The van der Waals surface area contributed by atoms with Crippen LogP contribution in [0.1, 0.15) is 33.6 Å². The third-order valence-electron chi connectivity index (χ3n) is 2.41. The lowest BCUT2D eigenvalue weighted by Crippen LogP contribution is -2.47. The van der Waals surface area contributed by atoms with E-state index in [0.717, 1.165) is 4.90 Å². The summed E-state index contributed by atoms with van der Waals surface area (Å²) in [6, 6.07) is -0.327. The molecule has 1 rings (SSSR count). The molecule has 1 aliphatic rings. The monoisotopic (exact) mass is 293 g/mol. The van der Waals surface area contributed by atoms with E-state index in [2.05, 4.69) is 4.74 Å². The first-order valence-corrected chi connectivity index (χ1v) is 6.86. The molecular weight excluding hydrogens is 274 g/mol. The van der Waals surface area contributed by atoms with Gasteiger partial charge in [-0.25, -0.2) is 9.69 Å². The molecule has 0 saturated carbocycles. The Morgan fingerprint density at radius 3 is 2.53 bits per heavy atom. The fourth-order valence-electron chi connectivity index (χ4n) is 1.64. The van der Waals surface area contributed by atoms with Gasteiger partial charge in [0.25, 0.3) is 0 Å². The molecule has 7 heteroatoms. The Morgan fingerprint density at radius 2 is 2.00 bits per heavy atom. The summed E-state index contributed by atoms with van der Waals surface area (Å²) in [6.45, 7) is 6.10. The standard InChI is InChI=1S/C10H14ClNO5.C2H6/c1-2-16-9(14)7-4-3-5-12(8(7)13)10(15)17-6-11;1-2/h7H,2-6H2,1H3;1-2H3. The number of halogens is 1. The molecule has 6 nitrogen and oxygen atoms in total. The highest BCUT2D eigenvalue weighted by atomic mass is 35.5. The first-order chi connectivity index (χ1) is 9.11. The Morgan fingerprint density at radius 1 is 1.37 bits per heavy atom. The van der Waals surface area contributed by atoms with E-state index in [1.807, 2.05) is 13.8 Å². The number of amides is 2. The Hall–Kier alpha value is -1.30. The van der Waals surface area contributed by atoms with Gasteiger partial charge in [0.1, 0.15) is 5.92 Å². The maximum Gasteiger partial charge on any atom is 0.417 e. The maximum atomic E-state index is 11.8. The summed E-state index contributed by atoms with van der Waals surface area (Å²) in [4.78, 5) is 35.6. The van der Waals surface area contributed by atoms with E-state index < -0.39 is 23.9 Å². The molecule has 2 amide bonds. The maximum absolute atomic E-state index is 11.8. The Balaban J connectivity index is 0.00000154. The summed E-state index contributed by atoms with van der Waals surface area (Å²) in [5.41, 5.74) is 0. The van der Waals surface area contributed by atoms with Crippen LogP contribution < -0.4 is 0 Å². The van der Waals surface area contributed by atoms with Gasteiger partial charge in [-0.1, -0.05) is 25.4 Å². The lowest BCUT2D eigenvalue weighted by Gasteiger charge is -2.28. The minimum Gasteiger partial charge on any atom is -0.465 e. The summed E-state index contributed by atoms with van der Waals surface area (Å²) in [5, 5.41) is 0. The number of alkyl halides is 1. The summed E-state index contributed by atoms with van der Waals surface area (Å²) in [5.74, 6) is -2.09. The highest BCUT2D eigenvalue weighted by molar-refractivity contribution is 6.17. The van der Waals surface area contributed by atoms with E-state index in [9.17, 15) is 14.4 Å². The van der Waals surface area contributed by atoms with Crippen molar-refractivity contribution in [1.29, 1.82) is 0 Å². The van der Waals surface area contributed by atoms with Gasteiger partial charge in [-0.3, -0.25) is 9.59 Å². The van der Waals surface area contributed by atoms with Crippen LogP contribution in [0.25, 0.3) is 0 Å². The number of carbonyl (C=O) groups is 3. The van der Waals surface area contributed by atoms with Gasteiger partial charge in [-0.15, -0.1) is 0 Å². The van der Waals surface area contributed by atoms with Crippen molar-refractivity contribution in [2.45, 2.75) is 33.6 Å². The van der Waals surface area contributed by atoms with Crippen molar-refractivity contribution in [3.05, 3.63) is 0 Å². The predicted molar refractivity (Wildman–Crippen MR) is 69.6 cm³/mol. The number of esters is 1. The molecular formula is C12H20ClNO5. The van der Waals surface area contributed by atoms with Crippen LogP contribution in [0.4, 0.5) is 4.79 Å². The van der Waals surface area contributed by atoms with Gasteiger partial charge in [-0.2, -0.15) is 0 Å². The van der Waals surface area contributed by atoms with Crippen molar-refractivity contribution < 1.29 is 23.9 Å². The molecule has 1 atom stereocenters. The van der Waals surface area contributed by atoms with E-state index in [0.29, 0.717) is 12.8 Å². The van der Waals surface area contributed by atoms with Crippen LogP contribution in [0.3, 0.4) is 0 Å². The zero-order chi connectivity index (χ0) is 14.8. The first kappa shape index (κ1) is 17.7. The number of nitrogens with zero attached hydrogens (tertiary/aromatic N) is 1. The molecule has 1 saturated heterocycles. The fourth-order valence-corrected chi connectivity index (χ4v) is 1.74. The predicted octanol–water partition coefficient (Wildman–Crippen LogP) is 2.15. The van der Waals surface area contributed by atoms with Gasteiger partial charge in [0, 0.05) is 6.54 Å². The van der Waals surface area contributed by atoms with E-state index in [-0.39, 0.29) is 19.2 Å². The smallest absolute Gasteiger partial charge is 0.417 e. The van der Waals surface area contributed by atoms with Crippen LogP contribution in [0.2, 0.25) is 0 Å². The molecule has 1 heterocycles. The third-order valence-corrected chi connectivity index (χ3v) is 2.52. The van der Waals surface area contributed by atoms with Gasteiger partial charge < -0.3 is 9.47 Å². The second-order valence-corrected chi connectivity index (χ2v) is 3.67. The van der Waals surface area contributed by atoms with Crippen molar-refractivity contribution in [1.82, 2.24) is 4.90 Å². The quantitative estimate of drug-likeness (QED) is 0.453. The highest BCUT2D eigenvalue weighted by Gasteiger charge is 2.38. The molecule has 1 aliphatic heterocycles. The highest BCUT2D eigenvalue weighted by Crippen LogP contribution is 2.20. The largest absolute Gasteiger partial charge is 0.465 e. The van der Waals surface area contributed by atoms with Crippen molar-refractivity contribution in [2.24, 2.45) is 5.92 Å². The molecule has 0 aromatic carbocycles. The van der Waals surface area contributed by atoms with Crippen LogP contribution in [0.5, 0.6) is 0 Å². The minimum absolute atomic E-state index is 0.203. The van der Waals surface area contributed by atoms with Crippen LogP contribution in [0.15, 0.2) is 0 Å². The Kier molecular flexibility index (Phi) is 8.95. The summed E-state index contributed by atoms with van der Waals surface area (Å²) in [7, 11) is 0. The van der Waals surface area contributed by atoms with Gasteiger partial charge in [0.15, 0.2) is 6.07 Å². The number of hydrogen-bond acceptors (Lipinski definition) is 5. The van der Waals surface area contributed by atoms with Crippen LogP contribution in [-0.4, -0.2) is 42.1 Å². The van der Waals surface area contributed by atoms with E-state index in [4.69, 9.17) is 16.3 Å². The van der Waals surface area contributed by atoms with Crippen molar-refractivity contribution >= 4 is 29.6 Å². The molecule has 0 aromatic heterocycles. The second kappa shape index (κ2) is 9.61. The lowest BCUT2D eigenvalue weighted by atomic mass is 9.97. The number of piperidine rings is 1.